The minimum atomic E-state index is -0.683. The number of nitrogens with two attached hydrogens (primary N) is 1. The number of carbonyl (C=O) groups is 1. The first-order valence-corrected chi connectivity index (χ1v) is 10.2. The van der Waals surface area contributed by atoms with Crippen molar-refractivity contribution in [3.05, 3.63) is 65.4 Å². The fourth-order valence-corrected chi connectivity index (χ4v) is 4.06. The topological polar surface area (TPSA) is 103 Å². The molecule has 1 aliphatic heterocycles. The van der Waals surface area contributed by atoms with E-state index in [0.29, 0.717) is 17.4 Å². The van der Waals surface area contributed by atoms with Crippen LogP contribution in [-0.4, -0.2) is 39.3 Å². The van der Waals surface area contributed by atoms with Crippen LogP contribution in [0.25, 0.3) is 0 Å². The second-order valence-corrected chi connectivity index (χ2v) is 7.69. The van der Waals surface area contributed by atoms with Crippen LogP contribution >= 0.6 is 0 Å². The van der Waals surface area contributed by atoms with Gasteiger partial charge < -0.3 is 20.3 Å². The van der Waals surface area contributed by atoms with E-state index in [1.54, 1.807) is 17.9 Å². The van der Waals surface area contributed by atoms with E-state index < -0.39 is 5.91 Å². The van der Waals surface area contributed by atoms with Crippen LogP contribution in [0.3, 0.4) is 0 Å². The quantitative estimate of drug-likeness (QED) is 0.605. The Morgan fingerprint density at radius 1 is 1.23 bits per heavy atom. The monoisotopic (exact) mass is 422 g/mol. The summed E-state index contributed by atoms with van der Waals surface area (Å²) in [6, 6.07) is 12.6. The Hall–Kier alpha value is -3.52. The number of primary amides is 1. The minimum absolute atomic E-state index is 0.0631. The lowest BCUT2D eigenvalue weighted by molar-refractivity contribution is 0.0997. The van der Waals surface area contributed by atoms with Crippen LogP contribution in [0.2, 0.25) is 0 Å². The van der Waals surface area contributed by atoms with Gasteiger partial charge in [-0.2, -0.15) is 0 Å². The summed E-state index contributed by atoms with van der Waals surface area (Å²) in [6.45, 7) is 1.84. The molecule has 3 N–H and O–H groups in total. The van der Waals surface area contributed by atoms with Crippen molar-refractivity contribution < 1.29 is 19.4 Å². The molecule has 0 bridgehead atoms. The number of aryl methyl sites for hydroxylation is 1. The number of likely N-dealkylation sites (tertiary alicyclic amines) is 1. The van der Waals surface area contributed by atoms with Crippen molar-refractivity contribution >= 4 is 5.91 Å². The van der Waals surface area contributed by atoms with Crippen LogP contribution in [0.1, 0.15) is 40.4 Å². The Kier molecular flexibility index (Phi) is 5.81. The third-order valence-corrected chi connectivity index (χ3v) is 5.52. The molecule has 2 aromatic carbocycles. The van der Waals surface area contributed by atoms with Crippen molar-refractivity contribution in [2.45, 2.75) is 25.4 Å². The molecule has 1 saturated heterocycles. The van der Waals surface area contributed by atoms with Gasteiger partial charge in [-0.15, -0.1) is 5.10 Å². The number of ether oxygens (including phenoxy) is 2. The summed E-state index contributed by atoms with van der Waals surface area (Å²) in [6.07, 6.45) is 4.25. The van der Waals surface area contributed by atoms with Gasteiger partial charge in [-0.25, -0.2) is 0 Å². The molecule has 4 rings (SSSR count). The predicted molar refractivity (Wildman–Crippen MR) is 115 cm³/mol. The van der Waals surface area contributed by atoms with Gasteiger partial charge in [0.25, 0.3) is 5.91 Å². The Balaban J connectivity index is 1.43. The zero-order valence-corrected chi connectivity index (χ0v) is 17.6. The highest BCUT2D eigenvalue weighted by molar-refractivity contribution is 5.95. The van der Waals surface area contributed by atoms with Gasteiger partial charge in [0, 0.05) is 31.9 Å². The molecule has 2 heterocycles. The first-order chi connectivity index (χ1) is 14.9. The molecule has 8 nitrogen and oxygen atoms in total. The lowest BCUT2D eigenvalue weighted by atomic mass is 10.1. The van der Waals surface area contributed by atoms with Gasteiger partial charge >= 0.3 is 0 Å². The molecule has 162 valence electrons. The van der Waals surface area contributed by atoms with Gasteiger partial charge in [-0.1, -0.05) is 12.1 Å². The highest BCUT2D eigenvalue weighted by atomic mass is 16.5. The second-order valence-electron chi connectivity index (χ2n) is 7.69. The highest BCUT2D eigenvalue weighted by Gasteiger charge is 2.30. The lowest BCUT2D eigenvalue weighted by Crippen LogP contribution is -2.22. The number of hydrogen-bond donors (Lipinski definition) is 2. The van der Waals surface area contributed by atoms with Gasteiger partial charge in [-0.3, -0.25) is 14.4 Å². The van der Waals surface area contributed by atoms with E-state index >= 15 is 0 Å². The summed E-state index contributed by atoms with van der Waals surface area (Å²) in [5, 5.41) is 14.3. The molecule has 8 heteroatoms. The standard InChI is InChI=1S/C23H26N4O4/c1-26-14-19(23(25-26)30-2)20-4-3-11-27(20)13-15-5-7-16(8-6-15)31-17-9-10-18(22(24)29)21(28)12-17/h5-10,12,14,20,28H,3-4,11,13H2,1-2H3,(H2,24,29). The van der Waals surface area contributed by atoms with Gasteiger partial charge in [0.05, 0.1) is 18.2 Å². The zero-order chi connectivity index (χ0) is 22.0. The van der Waals surface area contributed by atoms with Crippen LogP contribution in [0.5, 0.6) is 23.1 Å². The molecular formula is C23H26N4O4. The molecule has 31 heavy (non-hydrogen) atoms. The summed E-state index contributed by atoms with van der Waals surface area (Å²) >= 11 is 0. The van der Waals surface area contributed by atoms with Gasteiger partial charge in [0.2, 0.25) is 5.88 Å². The molecule has 0 radical (unpaired) electrons. The van der Waals surface area contributed by atoms with E-state index in [2.05, 4.69) is 10.00 Å². The Labute approximate surface area is 180 Å². The number of amides is 1. The number of hydrogen-bond acceptors (Lipinski definition) is 6. The Morgan fingerprint density at radius 2 is 1.97 bits per heavy atom. The van der Waals surface area contributed by atoms with Crippen LogP contribution in [0.15, 0.2) is 48.7 Å². The molecule has 1 unspecified atom stereocenters. The van der Waals surface area contributed by atoms with Gasteiger partial charge in [0.1, 0.15) is 17.2 Å². The van der Waals surface area contributed by atoms with Crippen molar-refractivity contribution in [2.75, 3.05) is 13.7 Å². The summed E-state index contributed by atoms with van der Waals surface area (Å²) < 4.78 is 13.0. The fourth-order valence-electron chi connectivity index (χ4n) is 4.06. The third kappa shape index (κ3) is 4.49. The molecule has 3 aromatic rings. The predicted octanol–water partition coefficient (Wildman–Crippen LogP) is 3.36. The maximum absolute atomic E-state index is 11.2. The molecule has 0 saturated carbocycles. The summed E-state index contributed by atoms with van der Waals surface area (Å²) in [7, 11) is 3.57. The number of aromatic nitrogens is 2. The van der Waals surface area contributed by atoms with E-state index in [9.17, 15) is 9.90 Å². The fraction of sp³-hybridized carbons (Fsp3) is 0.304. The highest BCUT2D eigenvalue weighted by Crippen LogP contribution is 2.37. The second kappa shape index (κ2) is 8.69. The van der Waals surface area contributed by atoms with Crippen molar-refractivity contribution in [3.8, 4) is 23.1 Å². The SMILES string of the molecule is COc1nn(C)cc1C1CCCN1Cc1ccc(Oc2ccc(C(N)=O)c(O)c2)cc1. The van der Waals surface area contributed by atoms with Crippen LogP contribution in [0, 0.1) is 0 Å². The number of aromatic hydroxyl groups is 1. The molecule has 0 aliphatic carbocycles. The van der Waals surface area contributed by atoms with E-state index in [4.69, 9.17) is 15.2 Å². The summed E-state index contributed by atoms with van der Waals surface area (Å²) in [5.74, 6) is 0.874. The smallest absolute Gasteiger partial charge is 0.252 e. The van der Waals surface area contributed by atoms with E-state index in [-0.39, 0.29) is 17.4 Å². The normalized spacial score (nSPS) is 16.4. The maximum Gasteiger partial charge on any atom is 0.252 e. The van der Waals surface area contributed by atoms with Crippen molar-refractivity contribution in [2.24, 2.45) is 12.8 Å². The van der Waals surface area contributed by atoms with E-state index in [1.165, 1.54) is 17.7 Å². The van der Waals surface area contributed by atoms with Crippen LogP contribution in [-0.2, 0) is 13.6 Å². The lowest BCUT2D eigenvalue weighted by Gasteiger charge is -2.24. The third-order valence-electron chi connectivity index (χ3n) is 5.52. The molecule has 0 spiro atoms. The first kappa shape index (κ1) is 20.7. The summed E-state index contributed by atoms with van der Waals surface area (Å²) in [5.41, 5.74) is 7.57. The van der Waals surface area contributed by atoms with E-state index in [0.717, 1.165) is 31.5 Å². The molecular weight excluding hydrogens is 396 g/mol. The Morgan fingerprint density at radius 3 is 2.65 bits per heavy atom. The van der Waals surface area contributed by atoms with Gasteiger partial charge in [0.15, 0.2) is 0 Å². The number of phenols is 1. The van der Waals surface area contributed by atoms with Crippen molar-refractivity contribution in [3.63, 3.8) is 0 Å². The van der Waals surface area contributed by atoms with Crippen LogP contribution < -0.4 is 15.2 Å². The van der Waals surface area contributed by atoms with Crippen molar-refractivity contribution in [1.29, 1.82) is 0 Å². The molecule has 1 fully saturated rings. The molecule has 1 aromatic heterocycles. The average Bonchev–Trinajstić information content (AvgIpc) is 3.34. The first-order valence-electron chi connectivity index (χ1n) is 10.2. The maximum atomic E-state index is 11.2. The number of benzene rings is 2. The van der Waals surface area contributed by atoms with Crippen LogP contribution in [0.4, 0.5) is 0 Å². The average molecular weight is 422 g/mol. The van der Waals surface area contributed by atoms with Crippen molar-refractivity contribution in [1.82, 2.24) is 14.7 Å². The number of nitrogens with zero attached hydrogens (tertiary/aromatic N) is 3. The zero-order valence-electron chi connectivity index (χ0n) is 17.6. The number of rotatable bonds is 7. The largest absolute Gasteiger partial charge is 0.507 e. The molecule has 1 aliphatic rings. The Bertz CT molecular complexity index is 1080. The molecule has 1 amide bonds. The number of methoxy groups -OCH3 is 1. The minimum Gasteiger partial charge on any atom is -0.507 e. The molecule has 1 atom stereocenters. The number of carbonyl (C=O) groups excluding carboxylic acids is 1. The summed E-state index contributed by atoms with van der Waals surface area (Å²) in [4.78, 5) is 13.7. The van der Waals surface area contributed by atoms with E-state index in [1.807, 2.05) is 37.5 Å². The van der Waals surface area contributed by atoms with Gasteiger partial charge in [-0.05, 0) is 49.2 Å².